The molecular weight excluding hydrogens is 229 g/mol. The van der Waals surface area contributed by atoms with Crippen molar-refractivity contribution in [2.75, 3.05) is 51.2 Å². The number of likely N-dealkylation sites (tertiary alicyclic amines) is 1. The van der Waals surface area contributed by atoms with Gasteiger partial charge in [-0.15, -0.1) is 0 Å². The molecule has 0 aliphatic carbocycles. The van der Waals surface area contributed by atoms with Crippen LogP contribution in [-0.4, -0.2) is 62.2 Å². The van der Waals surface area contributed by atoms with E-state index in [0.29, 0.717) is 0 Å². The van der Waals surface area contributed by atoms with Crippen molar-refractivity contribution in [2.24, 2.45) is 0 Å². The van der Waals surface area contributed by atoms with Gasteiger partial charge in [-0.05, 0) is 31.3 Å². The van der Waals surface area contributed by atoms with Crippen LogP contribution in [0.25, 0.3) is 0 Å². The maximum Gasteiger partial charge on any atom is 0.123 e. The highest BCUT2D eigenvalue weighted by Gasteiger charge is 2.31. The molecule has 4 heteroatoms. The topological polar surface area (TPSA) is 9.72 Å². The summed E-state index contributed by atoms with van der Waals surface area (Å²) in [5.41, 5.74) is 1.14. The third-order valence-corrected chi connectivity index (χ3v) is 4.07. The first-order valence-corrected chi connectivity index (χ1v) is 6.65. The van der Waals surface area contributed by atoms with Gasteiger partial charge in [0.2, 0.25) is 0 Å². The first-order chi connectivity index (χ1) is 8.72. The molecule has 98 valence electrons. The summed E-state index contributed by atoms with van der Waals surface area (Å²) in [5.74, 6) is -0.158. The molecule has 1 aromatic carbocycles. The van der Waals surface area contributed by atoms with Gasteiger partial charge in [-0.25, -0.2) is 4.39 Å². The molecular formula is C14H20FN3. The smallest absolute Gasteiger partial charge is 0.123 e. The molecule has 3 nitrogen and oxygen atoms in total. The van der Waals surface area contributed by atoms with Gasteiger partial charge in [-0.1, -0.05) is 0 Å². The largest absolute Gasteiger partial charge is 0.369 e. The molecule has 0 N–H and O–H groups in total. The van der Waals surface area contributed by atoms with Crippen LogP contribution in [0.4, 0.5) is 10.1 Å². The number of rotatable bonds is 2. The van der Waals surface area contributed by atoms with Crippen LogP contribution >= 0.6 is 0 Å². The Hall–Kier alpha value is -1.13. The van der Waals surface area contributed by atoms with Crippen molar-refractivity contribution in [3.05, 3.63) is 30.1 Å². The lowest BCUT2D eigenvalue weighted by molar-refractivity contribution is 0.0488. The van der Waals surface area contributed by atoms with Crippen LogP contribution in [0, 0.1) is 5.82 Å². The highest BCUT2D eigenvalue weighted by molar-refractivity contribution is 5.46. The van der Waals surface area contributed by atoms with Gasteiger partial charge < -0.3 is 9.80 Å². The van der Waals surface area contributed by atoms with Crippen LogP contribution in [0.5, 0.6) is 0 Å². The van der Waals surface area contributed by atoms with E-state index in [1.165, 1.54) is 13.1 Å². The zero-order chi connectivity index (χ0) is 12.5. The lowest BCUT2D eigenvalue weighted by atomic mass is 10.1. The Kier molecular flexibility index (Phi) is 3.22. The zero-order valence-electron chi connectivity index (χ0n) is 10.8. The molecule has 2 fully saturated rings. The first kappa shape index (κ1) is 11.9. The van der Waals surface area contributed by atoms with Crippen molar-refractivity contribution in [3.8, 4) is 0 Å². The molecule has 3 rings (SSSR count). The Balaban J connectivity index is 1.55. The number of piperazine rings is 1. The van der Waals surface area contributed by atoms with Gasteiger partial charge in [0.15, 0.2) is 0 Å². The van der Waals surface area contributed by atoms with E-state index in [1.807, 2.05) is 12.1 Å². The molecule has 0 aromatic heterocycles. The summed E-state index contributed by atoms with van der Waals surface area (Å²) in [5, 5.41) is 0. The van der Waals surface area contributed by atoms with Crippen LogP contribution in [0.15, 0.2) is 24.3 Å². The Morgan fingerprint density at radius 1 is 1.00 bits per heavy atom. The van der Waals surface area contributed by atoms with E-state index in [4.69, 9.17) is 0 Å². The first-order valence-electron chi connectivity index (χ1n) is 6.65. The van der Waals surface area contributed by atoms with Crippen molar-refractivity contribution in [1.29, 1.82) is 0 Å². The molecule has 2 aliphatic rings. The minimum Gasteiger partial charge on any atom is -0.369 e. The Labute approximate surface area is 108 Å². The predicted octanol–water partition coefficient (Wildman–Crippen LogP) is 1.26. The summed E-state index contributed by atoms with van der Waals surface area (Å²) in [6.07, 6.45) is 0. The van der Waals surface area contributed by atoms with Crippen molar-refractivity contribution in [1.82, 2.24) is 9.80 Å². The van der Waals surface area contributed by atoms with E-state index in [-0.39, 0.29) is 5.82 Å². The average molecular weight is 249 g/mol. The van der Waals surface area contributed by atoms with Gasteiger partial charge in [0.05, 0.1) is 0 Å². The van der Waals surface area contributed by atoms with E-state index in [2.05, 4.69) is 21.7 Å². The average Bonchev–Trinajstić information content (AvgIpc) is 2.36. The van der Waals surface area contributed by atoms with Crippen molar-refractivity contribution in [3.63, 3.8) is 0 Å². The molecule has 0 saturated carbocycles. The summed E-state index contributed by atoms with van der Waals surface area (Å²) < 4.78 is 12.9. The molecule has 2 saturated heterocycles. The summed E-state index contributed by atoms with van der Waals surface area (Å²) in [6, 6.07) is 7.60. The van der Waals surface area contributed by atoms with Crippen molar-refractivity contribution >= 4 is 5.69 Å². The standard InChI is InChI=1S/C14H20FN3/c1-16-10-14(11-16)18-8-6-17(7-9-18)13-4-2-12(15)3-5-13/h2-5,14H,6-11H2,1H3. The second-order valence-electron chi connectivity index (χ2n) is 5.37. The Morgan fingerprint density at radius 3 is 2.17 bits per heavy atom. The molecule has 0 bridgehead atoms. The second-order valence-corrected chi connectivity index (χ2v) is 5.37. The van der Waals surface area contributed by atoms with Crippen LogP contribution in [0.1, 0.15) is 0 Å². The number of nitrogens with zero attached hydrogens (tertiary/aromatic N) is 3. The van der Waals surface area contributed by atoms with Gasteiger partial charge in [0.25, 0.3) is 0 Å². The molecule has 2 aliphatic heterocycles. The van der Waals surface area contributed by atoms with Crippen LogP contribution in [-0.2, 0) is 0 Å². The zero-order valence-corrected chi connectivity index (χ0v) is 10.8. The van der Waals surface area contributed by atoms with Crippen molar-refractivity contribution < 1.29 is 4.39 Å². The van der Waals surface area contributed by atoms with E-state index in [9.17, 15) is 4.39 Å². The fourth-order valence-electron chi connectivity index (χ4n) is 2.89. The molecule has 0 radical (unpaired) electrons. The highest BCUT2D eigenvalue weighted by Crippen LogP contribution is 2.20. The molecule has 0 unspecified atom stereocenters. The lowest BCUT2D eigenvalue weighted by Crippen LogP contribution is -2.61. The quantitative estimate of drug-likeness (QED) is 0.781. The monoisotopic (exact) mass is 249 g/mol. The van der Waals surface area contributed by atoms with E-state index < -0.39 is 0 Å². The van der Waals surface area contributed by atoms with Gasteiger partial charge in [-0.2, -0.15) is 0 Å². The Bertz CT molecular complexity index is 392. The van der Waals surface area contributed by atoms with Gasteiger partial charge in [0, 0.05) is 51.0 Å². The normalized spacial score (nSPS) is 23.1. The minimum absolute atomic E-state index is 0.158. The molecule has 0 amide bonds. The summed E-state index contributed by atoms with van der Waals surface area (Å²) in [4.78, 5) is 7.29. The molecule has 1 aromatic rings. The number of halogens is 1. The summed E-state index contributed by atoms with van der Waals surface area (Å²) >= 11 is 0. The minimum atomic E-state index is -0.158. The second kappa shape index (κ2) is 4.86. The van der Waals surface area contributed by atoms with Crippen molar-refractivity contribution in [2.45, 2.75) is 6.04 Å². The van der Waals surface area contributed by atoms with E-state index >= 15 is 0 Å². The number of hydrogen-bond donors (Lipinski definition) is 0. The maximum absolute atomic E-state index is 12.9. The van der Waals surface area contributed by atoms with Gasteiger partial charge >= 0.3 is 0 Å². The van der Waals surface area contributed by atoms with Crippen LogP contribution in [0.2, 0.25) is 0 Å². The number of benzene rings is 1. The van der Waals surface area contributed by atoms with Gasteiger partial charge in [-0.3, -0.25) is 4.90 Å². The third kappa shape index (κ3) is 2.35. The summed E-state index contributed by atoms with van der Waals surface area (Å²) in [7, 11) is 2.17. The van der Waals surface area contributed by atoms with E-state index in [1.54, 1.807) is 12.1 Å². The van der Waals surface area contributed by atoms with Gasteiger partial charge in [0.1, 0.15) is 5.82 Å². The Morgan fingerprint density at radius 2 is 1.61 bits per heavy atom. The fourth-order valence-corrected chi connectivity index (χ4v) is 2.89. The number of hydrogen-bond acceptors (Lipinski definition) is 3. The third-order valence-electron chi connectivity index (χ3n) is 4.07. The van der Waals surface area contributed by atoms with Crippen LogP contribution in [0.3, 0.4) is 0 Å². The molecule has 18 heavy (non-hydrogen) atoms. The van der Waals surface area contributed by atoms with Crippen LogP contribution < -0.4 is 4.90 Å². The number of anilines is 1. The highest BCUT2D eigenvalue weighted by atomic mass is 19.1. The SMILES string of the molecule is CN1CC(N2CCN(c3ccc(F)cc3)CC2)C1. The lowest BCUT2D eigenvalue weighted by Gasteiger charge is -2.47. The molecule has 0 spiro atoms. The maximum atomic E-state index is 12.9. The van der Waals surface area contributed by atoms with E-state index in [0.717, 1.165) is 37.9 Å². The fraction of sp³-hybridized carbons (Fsp3) is 0.571. The molecule has 2 heterocycles. The molecule has 0 atom stereocenters. The number of likely N-dealkylation sites (N-methyl/N-ethyl adjacent to an activating group) is 1. The predicted molar refractivity (Wildman–Crippen MR) is 71.5 cm³/mol. The summed E-state index contributed by atoms with van der Waals surface area (Å²) in [6.45, 7) is 6.75.